The Labute approximate surface area is 121 Å². The summed E-state index contributed by atoms with van der Waals surface area (Å²) >= 11 is 1.20. The van der Waals surface area contributed by atoms with Crippen molar-refractivity contribution in [1.29, 1.82) is 0 Å². The van der Waals surface area contributed by atoms with Crippen molar-refractivity contribution in [3.8, 4) is 0 Å². The Morgan fingerprint density at radius 1 is 1.35 bits per heavy atom. The molecule has 5 nitrogen and oxygen atoms in total. The number of rotatable bonds is 4. The maximum Gasteiger partial charge on any atom is 0.307 e. The second-order valence-corrected chi connectivity index (χ2v) is 6.15. The summed E-state index contributed by atoms with van der Waals surface area (Å²) < 4.78 is 0. The van der Waals surface area contributed by atoms with Gasteiger partial charge in [-0.2, -0.15) is 0 Å². The summed E-state index contributed by atoms with van der Waals surface area (Å²) in [6.45, 7) is 2.01. The number of carboxylic acid groups (broad SMARTS) is 1. The first kappa shape index (κ1) is 14.6. The predicted molar refractivity (Wildman–Crippen MR) is 76.8 cm³/mol. The minimum atomic E-state index is -0.882. The number of hydrogen-bond donors (Lipinski definition) is 1. The van der Waals surface area contributed by atoms with Gasteiger partial charge in [0, 0.05) is 30.8 Å². The van der Waals surface area contributed by atoms with E-state index in [2.05, 4.69) is 0 Å². The van der Waals surface area contributed by atoms with Gasteiger partial charge in [-0.3, -0.25) is 14.4 Å². The average molecular weight is 293 g/mol. The van der Waals surface area contributed by atoms with E-state index in [0.29, 0.717) is 18.5 Å². The molecule has 0 bridgehead atoms. The predicted octanol–water partition coefficient (Wildman–Crippen LogP) is 1.70. The fraction of sp³-hybridized carbons (Fsp3) is 0.357. The van der Waals surface area contributed by atoms with Gasteiger partial charge in [0.05, 0.1) is 6.42 Å². The number of carboxylic acids is 1. The molecule has 0 aromatic heterocycles. The van der Waals surface area contributed by atoms with Crippen LogP contribution in [0, 0.1) is 0 Å². The van der Waals surface area contributed by atoms with E-state index >= 15 is 0 Å². The molecule has 1 aliphatic heterocycles. The molecule has 1 aromatic rings. The quantitative estimate of drug-likeness (QED) is 0.914. The maximum absolute atomic E-state index is 11.9. The van der Waals surface area contributed by atoms with Crippen molar-refractivity contribution in [1.82, 2.24) is 0 Å². The smallest absolute Gasteiger partial charge is 0.307 e. The van der Waals surface area contributed by atoms with Crippen LogP contribution in [0.15, 0.2) is 24.3 Å². The van der Waals surface area contributed by atoms with Gasteiger partial charge in [0.25, 0.3) is 0 Å². The summed E-state index contributed by atoms with van der Waals surface area (Å²) in [5.41, 5.74) is 1.44. The van der Waals surface area contributed by atoms with Crippen LogP contribution in [-0.2, 0) is 20.8 Å². The second kappa shape index (κ2) is 6.09. The third-order valence-electron chi connectivity index (χ3n) is 3.03. The molecule has 0 spiro atoms. The van der Waals surface area contributed by atoms with E-state index < -0.39 is 5.97 Å². The number of nitrogens with zero attached hydrogens (tertiary/aromatic N) is 1. The summed E-state index contributed by atoms with van der Waals surface area (Å²) in [6.07, 6.45) is 0.332. The van der Waals surface area contributed by atoms with Crippen molar-refractivity contribution < 1.29 is 19.5 Å². The minimum Gasteiger partial charge on any atom is -0.481 e. The van der Waals surface area contributed by atoms with Crippen LogP contribution < -0.4 is 4.90 Å². The van der Waals surface area contributed by atoms with Crippen LogP contribution in [0.5, 0.6) is 0 Å². The van der Waals surface area contributed by atoms with Gasteiger partial charge >= 0.3 is 5.97 Å². The molecular weight excluding hydrogens is 278 g/mol. The van der Waals surface area contributed by atoms with Crippen LogP contribution in [0.25, 0.3) is 0 Å². The van der Waals surface area contributed by atoms with Gasteiger partial charge in [-0.15, -0.1) is 0 Å². The molecule has 0 aliphatic carbocycles. The minimum absolute atomic E-state index is 0.00121. The number of carbonyl (C=O) groups excluding carboxylic acids is 2. The van der Waals surface area contributed by atoms with Crippen molar-refractivity contribution in [2.24, 2.45) is 0 Å². The second-order valence-electron chi connectivity index (χ2n) is 4.68. The molecule has 2 rings (SSSR count). The zero-order valence-electron chi connectivity index (χ0n) is 11.0. The van der Waals surface area contributed by atoms with Crippen molar-refractivity contribution >= 4 is 34.4 Å². The van der Waals surface area contributed by atoms with Gasteiger partial charge in [0.15, 0.2) is 5.12 Å². The number of benzene rings is 1. The van der Waals surface area contributed by atoms with Gasteiger partial charge < -0.3 is 10.0 Å². The molecule has 106 valence electrons. The van der Waals surface area contributed by atoms with Crippen LogP contribution in [0.3, 0.4) is 0 Å². The summed E-state index contributed by atoms with van der Waals surface area (Å²) in [5.74, 6) is -0.886. The number of anilines is 1. The number of aliphatic carboxylic acids is 1. The normalized spacial score (nSPS) is 18.4. The van der Waals surface area contributed by atoms with Crippen LogP contribution in [0.2, 0.25) is 0 Å². The van der Waals surface area contributed by atoms with Crippen LogP contribution >= 0.6 is 11.8 Å². The highest BCUT2D eigenvalue weighted by Gasteiger charge is 2.31. The highest BCUT2D eigenvalue weighted by atomic mass is 32.2. The lowest BCUT2D eigenvalue weighted by Gasteiger charge is -2.16. The maximum atomic E-state index is 11.9. The summed E-state index contributed by atoms with van der Waals surface area (Å²) in [5, 5.41) is 8.72. The third-order valence-corrected chi connectivity index (χ3v) is 4.01. The fourth-order valence-electron chi connectivity index (χ4n) is 2.21. The van der Waals surface area contributed by atoms with Crippen molar-refractivity contribution in [2.45, 2.75) is 25.0 Å². The first-order valence-corrected chi connectivity index (χ1v) is 7.12. The lowest BCUT2D eigenvalue weighted by atomic mass is 10.1. The van der Waals surface area contributed by atoms with Crippen LogP contribution in [-0.4, -0.2) is 33.9 Å². The van der Waals surface area contributed by atoms with Crippen molar-refractivity contribution in [3.63, 3.8) is 0 Å². The van der Waals surface area contributed by atoms with Gasteiger partial charge in [-0.1, -0.05) is 23.9 Å². The van der Waals surface area contributed by atoms with E-state index in [0.717, 1.165) is 5.69 Å². The highest BCUT2D eigenvalue weighted by molar-refractivity contribution is 8.14. The number of amides is 1. The Morgan fingerprint density at radius 2 is 2.00 bits per heavy atom. The lowest BCUT2D eigenvalue weighted by Crippen LogP contribution is -2.24. The molecule has 6 heteroatoms. The topological polar surface area (TPSA) is 74.7 Å². The van der Waals surface area contributed by atoms with E-state index in [1.807, 2.05) is 0 Å². The first-order valence-electron chi connectivity index (χ1n) is 6.24. The number of hydrogen-bond acceptors (Lipinski definition) is 4. The van der Waals surface area contributed by atoms with Gasteiger partial charge in [-0.25, -0.2) is 0 Å². The molecule has 1 unspecified atom stereocenters. The van der Waals surface area contributed by atoms with E-state index in [1.165, 1.54) is 18.7 Å². The zero-order chi connectivity index (χ0) is 14.7. The molecule has 1 N–H and O–H groups in total. The standard InChI is InChI=1S/C14H15NO4S/c1-9(16)20-12-7-13(17)15(8-12)11-4-2-10(3-5-11)6-14(18)19/h2-5,12H,6-8H2,1H3,(H,18,19). The SMILES string of the molecule is CC(=O)SC1CC(=O)N(c2ccc(CC(=O)O)cc2)C1. The molecular formula is C14H15NO4S. The van der Waals surface area contributed by atoms with Crippen molar-refractivity contribution in [3.05, 3.63) is 29.8 Å². The molecule has 1 aliphatic rings. The molecule has 0 radical (unpaired) electrons. The molecule has 1 heterocycles. The molecule has 1 atom stereocenters. The van der Waals surface area contributed by atoms with Crippen LogP contribution in [0.1, 0.15) is 18.9 Å². The highest BCUT2D eigenvalue weighted by Crippen LogP contribution is 2.28. The molecule has 1 fully saturated rings. The largest absolute Gasteiger partial charge is 0.481 e. The monoisotopic (exact) mass is 293 g/mol. The molecule has 1 amide bonds. The molecule has 1 saturated heterocycles. The summed E-state index contributed by atoms with van der Waals surface area (Å²) in [7, 11) is 0. The Morgan fingerprint density at radius 3 is 2.55 bits per heavy atom. The van der Waals surface area contributed by atoms with Gasteiger partial charge in [0.2, 0.25) is 5.91 Å². The third kappa shape index (κ3) is 3.60. The number of thioether (sulfide) groups is 1. The van der Waals surface area contributed by atoms with Crippen LogP contribution in [0.4, 0.5) is 5.69 Å². The Balaban J connectivity index is 2.06. The average Bonchev–Trinajstić information content (AvgIpc) is 2.69. The fourth-order valence-corrected chi connectivity index (χ4v) is 3.13. The van der Waals surface area contributed by atoms with E-state index in [1.54, 1.807) is 29.2 Å². The van der Waals surface area contributed by atoms with E-state index in [9.17, 15) is 14.4 Å². The van der Waals surface area contributed by atoms with Crippen molar-refractivity contribution in [2.75, 3.05) is 11.4 Å². The lowest BCUT2D eigenvalue weighted by molar-refractivity contribution is -0.136. The Bertz CT molecular complexity index is 541. The molecule has 1 aromatic carbocycles. The van der Waals surface area contributed by atoms with Gasteiger partial charge in [-0.05, 0) is 17.7 Å². The summed E-state index contributed by atoms with van der Waals surface area (Å²) in [4.78, 5) is 35.3. The van der Waals surface area contributed by atoms with Gasteiger partial charge in [0.1, 0.15) is 0 Å². The zero-order valence-corrected chi connectivity index (χ0v) is 11.9. The number of carbonyl (C=O) groups is 3. The molecule has 20 heavy (non-hydrogen) atoms. The molecule has 0 saturated carbocycles. The first-order chi connectivity index (χ1) is 9.45. The van der Waals surface area contributed by atoms with E-state index in [-0.39, 0.29) is 22.7 Å². The van der Waals surface area contributed by atoms with E-state index in [4.69, 9.17) is 5.11 Å². The Hall–Kier alpha value is -1.82. The summed E-state index contributed by atoms with van der Waals surface area (Å²) in [6, 6.07) is 6.92. The Kier molecular flexibility index (Phi) is 4.44.